The molecule has 2 aromatic rings. The minimum Gasteiger partial charge on any atom is -0.538 e. The summed E-state index contributed by atoms with van der Waals surface area (Å²) in [5.41, 5.74) is 3.26. The third kappa shape index (κ3) is 2.81. The van der Waals surface area contributed by atoms with E-state index in [9.17, 15) is 0 Å². The molecule has 0 N–H and O–H groups in total. The molecule has 1 aliphatic rings. The zero-order chi connectivity index (χ0) is 17.2. The Kier molecular flexibility index (Phi) is 4.64. The van der Waals surface area contributed by atoms with E-state index in [1.807, 2.05) is 30.3 Å². The van der Waals surface area contributed by atoms with Gasteiger partial charge in [0.1, 0.15) is 5.75 Å². The molecule has 0 saturated carbocycles. The van der Waals surface area contributed by atoms with Gasteiger partial charge in [0, 0.05) is 11.1 Å². The van der Waals surface area contributed by atoms with Crippen molar-refractivity contribution in [3.8, 4) is 17.6 Å². The van der Waals surface area contributed by atoms with Gasteiger partial charge in [0.2, 0.25) is 0 Å². The lowest BCUT2D eigenvalue weighted by Gasteiger charge is -2.34. The van der Waals surface area contributed by atoms with Crippen LogP contribution in [-0.4, -0.2) is 8.32 Å². The lowest BCUT2D eigenvalue weighted by atomic mass is 10.2. The van der Waals surface area contributed by atoms with E-state index in [2.05, 4.69) is 69.9 Å². The van der Waals surface area contributed by atoms with Crippen LogP contribution >= 0.6 is 0 Å². The highest BCUT2D eigenvalue weighted by atomic mass is 28.4. The van der Waals surface area contributed by atoms with E-state index in [1.165, 1.54) is 10.8 Å². The molecular formula is C22H24OSi. The number of fused-ring (bicyclic) bond motifs is 1. The van der Waals surface area contributed by atoms with Gasteiger partial charge >= 0.3 is 0 Å². The molecule has 122 valence electrons. The lowest BCUT2D eigenvalue weighted by Crippen LogP contribution is -2.46. The minimum atomic E-state index is -2.10. The molecule has 0 bridgehead atoms. The van der Waals surface area contributed by atoms with E-state index < -0.39 is 8.32 Å². The van der Waals surface area contributed by atoms with Crippen LogP contribution in [0.1, 0.15) is 38.8 Å². The van der Waals surface area contributed by atoms with E-state index in [-0.39, 0.29) is 0 Å². The first-order chi connectivity index (χ1) is 11.6. The molecule has 0 aromatic heterocycles. The molecule has 1 aliphatic heterocycles. The average Bonchev–Trinajstić information content (AvgIpc) is 2.92. The predicted octanol–water partition coefficient (Wildman–Crippen LogP) is 5.82. The van der Waals surface area contributed by atoms with Gasteiger partial charge in [0.05, 0.1) is 0 Å². The average molecular weight is 333 g/mol. The molecular weight excluding hydrogens is 308 g/mol. The maximum absolute atomic E-state index is 6.64. The van der Waals surface area contributed by atoms with Gasteiger partial charge in [-0.15, -0.1) is 0 Å². The van der Waals surface area contributed by atoms with Crippen molar-refractivity contribution in [3.05, 3.63) is 71.8 Å². The Hall–Kier alpha value is -2.24. The van der Waals surface area contributed by atoms with Gasteiger partial charge in [-0.3, -0.25) is 0 Å². The van der Waals surface area contributed by atoms with Crippen molar-refractivity contribution in [3.63, 3.8) is 0 Å². The summed E-state index contributed by atoms with van der Waals surface area (Å²) in [6, 6.07) is 18.5. The second kappa shape index (κ2) is 6.71. The van der Waals surface area contributed by atoms with Gasteiger partial charge in [0.25, 0.3) is 8.32 Å². The zero-order valence-electron chi connectivity index (χ0n) is 14.8. The molecule has 3 rings (SSSR count). The van der Waals surface area contributed by atoms with Gasteiger partial charge in [0.15, 0.2) is 0 Å². The van der Waals surface area contributed by atoms with Crippen molar-refractivity contribution in [2.24, 2.45) is 0 Å². The number of para-hydroxylation sites is 1. The first-order valence-corrected chi connectivity index (χ1v) is 10.7. The van der Waals surface area contributed by atoms with Gasteiger partial charge < -0.3 is 4.43 Å². The smallest absolute Gasteiger partial charge is 0.289 e. The van der Waals surface area contributed by atoms with Crippen LogP contribution in [0.4, 0.5) is 0 Å². The first-order valence-electron chi connectivity index (χ1n) is 8.61. The molecule has 2 heteroatoms. The summed E-state index contributed by atoms with van der Waals surface area (Å²) in [7, 11) is -2.10. The minimum absolute atomic E-state index is 0.495. The van der Waals surface area contributed by atoms with E-state index in [0.717, 1.165) is 11.3 Å². The van der Waals surface area contributed by atoms with E-state index in [1.54, 1.807) is 0 Å². The first kappa shape index (κ1) is 16.6. The number of hydrogen-bond acceptors (Lipinski definition) is 1. The van der Waals surface area contributed by atoms with Crippen LogP contribution in [0, 0.1) is 11.8 Å². The second-order valence-electron chi connectivity index (χ2n) is 6.89. The molecule has 0 radical (unpaired) electrons. The SMILES string of the molecule is CC(C)[Si]1(C(C)C)Oc2ccccc2/C1=C\C#Cc1ccccc1. The van der Waals surface area contributed by atoms with Gasteiger partial charge in [-0.25, -0.2) is 0 Å². The van der Waals surface area contributed by atoms with Gasteiger partial charge in [-0.05, 0) is 40.6 Å². The fourth-order valence-corrected chi connectivity index (χ4v) is 8.28. The summed E-state index contributed by atoms with van der Waals surface area (Å²) in [6.07, 6.45) is 2.12. The highest BCUT2D eigenvalue weighted by Crippen LogP contribution is 2.51. The van der Waals surface area contributed by atoms with E-state index >= 15 is 0 Å². The van der Waals surface area contributed by atoms with Crippen molar-refractivity contribution >= 4 is 13.5 Å². The van der Waals surface area contributed by atoms with Gasteiger partial charge in [-0.1, -0.05) is 75.9 Å². The Bertz CT molecular complexity index is 799. The van der Waals surface area contributed by atoms with Crippen LogP contribution in [0.15, 0.2) is 60.7 Å². The predicted molar refractivity (Wildman–Crippen MR) is 104 cm³/mol. The number of rotatable bonds is 2. The molecule has 24 heavy (non-hydrogen) atoms. The van der Waals surface area contributed by atoms with Crippen molar-refractivity contribution in [1.29, 1.82) is 0 Å². The number of hydrogen-bond donors (Lipinski definition) is 0. The summed E-state index contributed by atoms with van der Waals surface area (Å²) in [6.45, 7) is 9.15. The third-order valence-corrected chi connectivity index (χ3v) is 10.0. The Balaban J connectivity index is 2.10. The van der Waals surface area contributed by atoms with Crippen molar-refractivity contribution in [2.45, 2.75) is 38.8 Å². The summed E-state index contributed by atoms with van der Waals surface area (Å²) in [5.74, 6) is 7.58. The number of benzene rings is 2. The quantitative estimate of drug-likeness (QED) is 0.497. The van der Waals surface area contributed by atoms with Crippen molar-refractivity contribution in [1.82, 2.24) is 0 Å². The topological polar surface area (TPSA) is 9.23 Å². The molecule has 0 aliphatic carbocycles. The molecule has 0 unspecified atom stereocenters. The third-order valence-electron chi connectivity index (χ3n) is 4.80. The van der Waals surface area contributed by atoms with E-state index in [4.69, 9.17) is 4.43 Å². The summed E-state index contributed by atoms with van der Waals surface area (Å²) < 4.78 is 6.64. The maximum Gasteiger partial charge on any atom is 0.289 e. The Morgan fingerprint density at radius 1 is 0.875 bits per heavy atom. The highest BCUT2D eigenvalue weighted by Gasteiger charge is 2.52. The molecule has 1 heterocycles. The molecule has 1 nitrogen and oxygen atoms in total. The molecule has 0 spiro atoms. The van der Waals surface area contributed by atoms with Crippen LogP contribution in [0.5, 0.6) is 5.75 Å². The molecule has 0 atom stereocenters. The summed E-state index contributed by atoms with van der Waals surface area (Å²) in [4.78, 5) is 0. The Labute approximate surface area is 146 Å². The summed E-state index contributed by atoms with van der Waals surface area (Å²) in [5, 5.41) is 1.34. The molecule has 0 fully saturated rings. The maximum atomic E-state index is 6.64. The fourth-order valence-electron chi connectivity index (χ4n) is 3.65. The molecule has 2 aromatic carbocycles. The lowest BCUT2D eigenvalue weighted by molar-refractivity contribution is 0.530. The summed E-state index contributed by atoms with van der Waals surface area (Å²) >= 11 is 0. The van der Waals surface area contributed by atoms with Crippen LogP contribution < -0.4 is 4.43 Å². The fraction of sp³-hybridized carbons (Fsp3) is 0.273. The van der Waals surface area contributed by atoms with Crippen LogP contribution in [0.2, 0.25) is 11.1 Å². The van der Waals surface area contributed by atoms with Crippen LogP contribution in [0.3, 0.4) is 0 Å². The van der Waals surface area contributed by atoms with Crippen molar-refractivity contribution < 1.29 is 4.43 Å². The molecule has 0 amide bonds. The van der Waals surface area contributed by atoms with Gasteiger partial charge in [-0.2, -0.15) is 0 Å². The monoisotopic (exact) mass is 332 g/mol. The van der Waals surface area contributed by atoms with Crippen molar-refractivity contribution in [2.75, 3.05) is 0 Å². The second-order valence-corrected chi connectivity index (χ2v) is 11.5. The highest BCUT2D eigenvalue weighted by molar-refractivity contribution is 6.95. The van der Waals surface area contributed by atoms with E-state index in [0.29, 0.717) is 11.1 Å². The standard InChI is InChI=1S/C22H24OSi/c1-17(2)24(18(3)4)22(20-14-8-9-15-21(20)23-24)16-10-13-19-11-6-5-7-12-19/h5-9,11-12,14-18H,1-4H3/b22-16+. The zero-order valence-corrected chi connectivity index (χ0v) is 15.8. The number of allylic oxidation sites excluding steroid dienone is 1. The largest absolute Gasteiger partial charge is 0.538 e. The Morgan fingerprint density at radius 3 is 2.17 bits per heavy atom. The van der Waals surface area contributed by atoms with Crippen LogP contribution in [-0.2, 0) is 0 Å². The van der Waals surface area contributed by atoms with Crippen LogP contribution in [0.25, 0.3) is 5.20 Å². The molecule has 0 saturated heterocycles. The Morgan fingerprint density at radius 2 is 1.50 bits per heavy atom. The normalized spacial score (nSPS) is 16.7.